The lowest BCUT2D eigenvalue weighted by Crippen LogP contribution is -2.08. The zero-order valence-electron chi connectivity index (χ0n) is 12.9. The van der Waals surface area contributed by atoms with Gasteiger partial charge in [0.1, 0.15) is 6.61 Å². The summed E-state index contributed by atoms with van der Waals surface area (Å²) in [6.07, 6.45) is 6.60. The van der Waals surface area contributed by atoms with Gasteiger partial charge < -0.3 is 4.74 Å². The molecule has 4 rings (SSSR count). The predicted octanol–water partition coefficient (Wildman–Crippen LogP) is 4.79. The molecule has 2 heteroatoms. The van der Waals surface area contributed by atoms with E-state index >= 15 is 0 Å². The van der Waals surface area contributed by atoms with Crippen molar-refractivity contribution in [3.8, 4) is 11.1 Å². The molecule has 23 heavy (non-hydrogen) atoms. The lowest BCUT2D eigenvalue weighted by atomic mass is 10.0. The number of benzene rings is 2. The second-order valence-corrected chi connectivity index (χ2v) is 6.18. The van der Waals surface area contributed by atoms with Crippen molar-refractivity contribution in [3.05, 3.63) is 83.5 Å². The first kappa shape index (κ1) is 14.0. The molecule has 0 aromatic heterocycles. The molecule has 2 nitrogen and oxygen atoms in total. The number of hydrogen-bond donors (Lipinski definition) is 0. The molecule has 2 aliphatic rings. The standard InChI is InChI=1S/C21H18O2/c22-21(23-14-20-13-15-6-7-19(20)12-15)18-10-8-17(9-11-18)16-4-2-1-3-5-16/h1-11,15H,12-14H2. The first-order chi connectivity index (χ1) is 11.3. The second kappa shape index (κ2) is 5.88. The van der Waals surface area contributed by atoms with E-state index in [9.17, 15) is 4.79 Å². The lowest BCUT2D eigenvalue weighted by Gasteiger charge is -2.10. The number of hydrogen-bond acceptors (Lipinski definition) is 2. The van der Waals surface area contributed by atoms with Gasteiger partial charge in [-0.25, -0.2) is 4.79 Å². The van der Waals surface area contributed by atoms with Gasteiger partial charge in [0.15, 0.2) is 0 Å². The molecule has 0 spiro atoms. The van der Waals surface area contributed by atoms with Gasteiger partial charge >= 0.3 is 5.97 Å². The van der Waals surface area contributed by atoms with Crippen molar-refractivity contribution in [3.63, 3.8) is 0 Å². The summed E-state index contributed by atoms with van der Waals surface area (Å²) in [5.74, 6) is 0.397. The van der Waals surface area contributed by atoms with E-state index in [1.54, 1.807) is 0 Å². The molecular weight excluding hydrogens is 284 g/mol. The molecule has 0 saturated heterocycles. The van der Waals surface area contributed by atoms with E-state index in [4.69, 9.17) is 4.74 Å². The molecule has 2 aromatic carbocycles. The van der Waals surface area contributed by atoms with Gasteiger partial charge in [0.25, 0.3) is 0 Å². The number of carbonyl (C=O) groups excluding carboxylic acids is 1. The van der Waals surface area contributed by atoms with E-state index in [-0.39, 0.29) is 5.97 Å². The Balaban J connectivity index is 1.42. The van der Waals surface area contributed by atoms with Gasteiger partial charge in [-0.3, -0.25) is 0 Å². The minimum absolute atomic E-state index is 0.246. The maximum Gasteiger partial charge on any atom is 0.338 e. The summed E-state index contributed by atoms with van der Waals surface area (Å²) in [7, 11) is 0. The summed E-state index contributed by atoms with van der Waals surface area (Å²) in [5, 5.41) is 0. The zero-order valence-corrected chi connectivity index (χ0v) is 12.9. The first-order valence-electron chi connectivity index (χ1n) is 8.01. The smallest absolute Gasteiger partial charge is 0.338 e. The van der Waals surface area contributed by atoms with Crippen molar-refractivity contribution in [1.82, 2.24) is 0 Å². The molecule has 0 heterocycles. The normalized spacial score (nSPS) is 18.5. The second-order valence-electron chi connectivity index (χ2n) is 6.18. The van der Waals surface area contributed by atoms with Gasteiger partial charge in [-0.15, -0.1) is 0 Å². The quantitative estimate of drug-likeness (QED) is 0.759. The molecule has 0 fully saturated rings. The molecule has 2 aliphatic carbocycles. The van der Waals surface area contributed by atoms with Crippen LogP contribution in [0.5, 0.6) is 0 Å². The molecule has 1 atom stereocenters. The zero-order chi connectivity index (χ0) is 15.6. The molecule has 0 N–H and O–H groups in total. The number of allylic oxidation sites excluding steroid dienone is 3. The molecule has 114 valence electrons. The summed E-state index contributed by atoms with van der Waals surface area (Å²) in [5.41, 5.74) is 5.50. The van der Waals surface area contributed by atoms with Crippen LogP contribution in [-0.4, -0.2) is 12.6 Å². The van der Waals surface area contributed by atoms with Crippen LogP contribution in [-0.2, 0) is 4.74 Å². The third-order valence-corrected chi connectivity index (χ3v) is 4.62. The average molecular weight is 302 g/mol. The number of fused-ring (bicyclic) bond motifs is 2. The van der Waals surface area contributed by atoms with E-state index in [1.807, 2.05) is 42.5 Å². The molecule has 1 unspecified atom stereocenters. The molecule has 0 saturated carbocycles. The van der Waals surface area contributed by atoms with Crippen LogP contribution in [0.15, 0.2) is 77.9 Å². The minimum atomic E-state index is -0.246. The van der Waals surface area contributed by atoms with E-state index in [0.29, 0.717) is 18.1 Å². The van der Waals surface area contributed by atoms with Crippen molar-refractivity contribution in [2.75, 3.05) is 6.61 Å². The van der Waals surface area contributed by atoms with Crippen molar-refractivity contribution < 1.29 is 9.53 Å². The van der Waals surface area contributed by atoms with Crippen LogP contribution < -0.4 is 0 Å². The maximum absolute atomic E-state index is 12.2. The first-order valence-corrected chi connectivity index (χ1v) is 8.01. The number of rotatable bonds is 4. The minimum Gasteiger partial charge on any atom is -0.458 e. The maximum atomic E-state index is 12.2. The Labute approximate surface area is 136 Å². The van der Waals surface area contributed by atoms with Crippen LogP contribution in [0.25, 0.3) is 11.1 Å². The highest BCUT2D eigenvalue weighted by molar-refractivity contribution is 5.90. The topological polar surface area (TPSA) is 26.3 Å². The van der Waals surface area contributed by atoms with Crippen LogP contribution in [0.1, 0.15) is 23.2 Å². The van der Waals surface area contributed by atoms with Gasteiger partial charge in [0, 0.05) is 0 Å². The van der Waals surface area contributed by atoms with Gasteiger partial charge in [-0.05, 0) is 53.2 Å². The van der Waals surface area contributed by atoms with Gasteiger partial charge in [0.05, 0.1) is 5.56 Å². The Kier molecular flexibility index (Phi) is 3.58. The molecule has 0 radical (unpaired) electrons. The third-order valence-electron chi connectivity index (χ3n) is 4.62. The van der Waals surface area contributed by atoms with Crippen LogP contribution >= 0.6 is 0 Å². The fourth-order valence-corrected chi connectivity index (χ4v) is 3.34. The Morgan fingerprint density at radius 2 is 1.70 bits per heavy atom. The molecule has 2 aromatic rings. The molecular formula is C21H18O2. The van der Waals surface area contributed by atoms with Crippen LogP contribution in [0.4, 0.5) is 0 Å². The highest BCUT2D eigenvalue weighted by Crippen LogP contribution is 2.38. The van der Waals surface area contributed by atoms with Gasteiger partial charge in [-0.2, -0.15) is 0 Å². The fourth-order valence-electron chi connectivity index (χ4n) is 3.34. The van der Waals surface area contributed by atoms with E-state index in [1.165, 1.54) is 11.1 Å². The number of carbonyl (C=O) groups is 1. The lowest BCUT2D eigenvalue weighted by molar-refractivity contribution is 0.0537. The summed E-state index contributed by atoms with van der Waals surface area (Å²) in [6.45, 7) is 0.426. The molecule has 0 aliphatic heterocycles. The Morgan fingerprint density at radius 1 is 0.957 bits per heavy atom. The summed E-state index contributed by atoms with van der Waals surface area (Å²) in [4.78, 5) is 12.2. The van der Waals surface area contributed by atoms with Crippen molar-refractivity contribution >= 4 is 5.97 Å². The number of esters is 1. The Morgan fingerprint density at radius 3 is 2.35 bits per heavy atom. The van der Waals surface area contributed by atoms with Crippen molar-refractivity contribution in [1.29, 1.82) is 0 Å². The highest BCUT2D eigenvalue weighted by Gasteiger charge is 2.26. The monoisotopic (exact) mass is 302 g/mol. The molecule has 0 amide bonds. The molecule has 2 bridgehead atoms. The fraction of sp³-hybridized carbons (Fsp3) is 0.190. The Hall–Kier alpha value is -2.61. The van der Waals surface area contributed by atoms with Crippen molar-refractivity contribution in [2.24, 2.45) is 5.92 Å². The predicted molar refractivity (Wildman–Crippen MR) is 91.1 cm³/mol. The van der Waals surface area contributed by atoms with Gasteiger partial charge in [0.2, 0.25) is 0 Å². The van der Waals surface area contributed by atoms with Crippen LogP contribution in [0, 0.1) is 5.92 Å². The van der Waals surface area contributed by atoms with Crippen LogP contribution in [0.2, 0.25) is 0 Å². The van der Waals surface area contributed by atoms with Crippen molar-refractivity contribution in [2.45, 2.75) is 12.8 Å². The third kappa shape index (κ3) is 2.85. The van der Waals surface area contributed by atoms with E-state index < -0.39 is 0 Å². The van der Waals surface area contributed by atoms with Gasteiger partial charge in [-0.1, -0.05) is 54.6 Å². The summed E-state index contributed by atoms with van der Waals surface area (Å²) in [6, 6.07) is 17.7. The summed E-state index contributed by atoms with van der Waals surface area (Å²) < 4.78 is 5.48. The van der Waals surface area contributed by atoms with E-state index in [2.05, 4.69) is 24.3 Å². The highest BCUT2D eigenvalue weighted by atomic mass is 16.5. The van der Waals surface area contributed by atoms with E-state index in [0.717, 1.165) is 24.0 Å². The Bertz CT molecular complexity index is 782. The summed E-state index contributed by atoms with van der Waals surface area (Å²) >= 11 is 0. The SMILES string of the molecule is O=C(OCC1=C2C=CC(C2)C1)c1ccc(-c2ccccc2)cc1. The number of ether oxygens (including phenoxy) is 1. The largest absolute Gasteiger partial charge is 0.458 e. The van der Waals surface area contributed by atoms with Crippen LogP contribution in [0.3, 0.4) is 0 Å². The average Bonchev–Trinajstić information content (AvgIpc) is 3.24.